The number of ether oxygens (including phenoxy) is 1. The lowest BCUT2D eigenvalue weighted by Crippen LogP contribution is -2.08. The first kappa shape index (κ1) is 14.7. The fourth-order valence-corrected chi connectivity index (χ4v) is 2.12. The van der Waals surface area contributed by atoms with Crippen molar-refractivity contribution in [2.45, 2.75) is 33.4 Å². The third-order valence-electron chi connectivity index (χ3n) is 2.97. The van der Waals surface area contributed by atoms with Gasteiger partial charge in [-0.3, -0.25) is 0 Å². The predicted octanol–water partition coefficient (Wildman–Crippen LogP) is 5.05. The number of para-hydroxylation sites is 2. The van der Waals surface area contributed by atoms with Crippen molar-refractivity contribution in [3.05, 3.63) is 58.6 Å². The van der Waals surface area contributed by atoms with Gasteiger partial charge in [-0.15, -0.1) is 0 Å². The van der Waals surface area contributed by atoms with Crippen LogP contribution in [-0.4, -0.2) is 6.10 Å². The molecule has 0 aliphatic heterocycles. The first-order chi connectivity index (χ1) is 9.56. The van der Waals surface area contributed by atoms with E-state index >= 15 is 0 Å². The van der Waals surface area contributed by atoms with Gasteiger partial charge in [0.25, 0.3) is 0 Å². The van der Waals surface area contributed by atoms with E-state index in [9.17, 15) is 0 Å². The Balaban J connectivity index is 2.08. The van der Waals surface area contributed by atoms with Crippen LogP contribution >= 0.6 is 11.6 Å². The lowest BCUT2D eigenvalue weighted by atomic mass is 10.1. The molecule has 3 heteroatoms. The Labute approximate surface area is 125 Å². The molecular weight excluding hydrogens is 270 g/mol. The molecule has 0 amide bonds. The Kier molecular flexibility index (Phi) is 4.91. The maximum atomic E-state index is 6.14. The molecule has 2 nitrogen and oxygen atoms in total. The SMILES string of the molecule is Cc1ccc(CNc2ccccc2OC(C)C)cc1Cl. The summed E-state index contributed by atoms with van der Waals surface area (Å²) in [6.45, 7) is 6.77. The van der Waals surface area contributed by atoms with Crippen molar-refractivity contribution in [2.75, 3.05) is 5.32 Å². The van der Waals surface area contributed by atoms with Crippen LogP contribution in [0.1, 0.15) is 25.0 Å². The van der Waals surface area contributed by atoms with Gasteiger partial charge in [0.15, 0.2) is 0 Å². The number of anilines is 1. The second-order valence-electron chi connectivity index (χ2n) is 5.10. The molecule has 0 aliphatic carbocycles. The average Bonchev–Trinajstić information content (AvgIpc) is 2.41. The minimum atomic E-state index is 0.159. The molecule has 2 aromatic carbocycles. The Hall–Kier alpha value is -1.67. The van der Waals surface area contributed by atoms with E-state index in [1.54, 1.807) is 0 Å². The molecule has 2 aromatic rings. The van der Waals surface area contributed by atoms with E-state index in [4.69, 9.17) is 16.3 Å². The van der Waals surface area contributed by atoms with Crippen LogP contribution < -0.4 is 10.1 Å². The fraction of sp³-hybridized carbons (Fsp3) is 0.294. The van der Waals surface area contributed by atoms with Gasteiger partial charge in [0.05, 0.1) is 11.8 Å². The number of halogens is 1. The van der Waals surface area contributed by atoms with Crippen molar-refractivity contribution in [1.82, 2.24) is 0 Å². The van der Waals surface area contributed by atoms with Gasteiger partial charge >= 0.3 is 0 Å². The van der Waals surface area contributed by atoms with Gasteiger partial charge in [-0.25, -0.2) is 0 Å². The standard InChI is InChI=1S/C17H20ClNO/c1-12(2)20-17-7-5-4-6-16(17)19-11-14-9-8-13(3)15(18)10-14/h4-10,12,19H,11H2,1-3H3. The number of benzene rings is 2. The lowest BCUT2D eigenvalue weighted by Gasteiger charge is -2.15. The second kappa shape index (κ2) is 6.67. The largest absolute Gasteiger partial charge is 0.489 e. The molecule has 0 unspecified atom stereocenters. The van der Waals surface area contributed by atoms with Gasteiger partial charge in [-0.05, 0) is 50.1 Å². The Morgan fingerprint density at radius 3 is 2.60 bits per heavy atom. The number of rotatable bonds is 5. The maximum absolute atomic E-state index is 6.14. The topological polar surface area (TPSA) is 21.3 Å². The Bertz CT molecular complexity index is 581. The highest BCUT2D eigenvalue weighted by atomic mass is 35.5. The van der Waals surface area contributed by atoms with Crippen molar-refractivity contribution < 1.29 is 4.74 Å². The van der Waals surface area contributed by atoms with Crippen LogP contribution in [0.5, 0.6) is 5.75 Å². The molecule has 0 atom stereocenters. The van der Waals surface area contributed by atoms with Crippen molar-refractivity contribution in [3.63, 3.8) is 0 Å². The van der Waals surface area contributed by atoms with Crippen molar-refractivity contribution >= 4 is 17.3 Å². The van der Waals surface area contributed by atoms with Gasteiger partial charge in [0, 0.05) is 11.6 Å². The number of aryl methyl sites for hydroxylation is 1. The van der Waals surface area contributed by atoms with Crippen LogP contribution in [0.2, 0.25) is 5.02 Å². The Morgan fingerprint density at radius 1 is 1.15 bits per heavy atom. The molecular formula is C17H20ClNO. The molecule has 0 aromatic heterocycles. The molecule has 0 radical (unpaired) electrons. The first-order valence-electron chi connectivity index (χ1n) is 6.81. The summed E-state index contributed by atoms with van der Waals surface area (Å²) in [5, 5.41) is 4.20. The van der Waals surface area contributed by atoms with E-state index in [2.05, 4.69) is 11.4 Å². The van der Waals surface area contributed by atoms with E-state index in [1.807, 2.05) is 57.2 Å². The minimum absolute atomic E-state index is 0.159. The molecule has 0 saturated heterocycles. The molecule has 0 spiro atoms. The smallest absolute Gasteiger partial charge is 0.142 e. The van der Waals surface area contributed by atoms with Crippen molar-refractivity contribution in [2.24, 2.45) is 0 Å². The molecule has 0 fully saturated rings. The summed E-state index contributed by atoms with van der Waals surface area (Å²) >= 11 is 6.14. The maximum Gasteiger partial charge on any atom is 0.142 e. The fourth-order valence-electron chi connectivity index (χ4n) is 1.91. The molecule has 0 saturated carbocycles. The van der Waals surface area contributed by atoms with Gasteiger partial charge in [0.2, 0.25) is 0 Å². The molecule has 2 rings (SSSR count). The molecule has 106 valence electrons. The summed E-state index contributed by atoms with van der Waals surface area (Å²) < 4.78 is 5.79. The van der Waals surface area contributed by atoms with Gasteiger partial charge in [0.1, 0.15) is 5.75 Å². The lowest BCUT2D eigenvalue weighted by molar-refractivity contribution is 0.243. The van der Waals surface area contributed by atoms with E-state index in [-0.39, 0.29) is 6.10 Å². The van der Waals surface area contributed by atoms with Crippen LogP contribution in [0.4, 0.5) is 5.69 Å². The third-order valence-corrected chi connectivity index (χ3v) is 3.38. The average molecular weight is 290 g/mol. The van der Waals surface area contributed by atoms with Crippen molar-refractivity contribution in [3.8, 4) is 5.75 Å². The highest BCUT2D eigenvalue weighted by molar-refractivity contribution is 6.31. The number of nitrogens with one attached hydrogen (secondary N) is 1. The van der Waals surface area contributed by atoms with Crippen LogP contribution in [0.15, 0.2) is 42.5 Å². The van der Waals surface area contributed by atoms with E-state index < -0.39 is 0 Å². The summed E-state index contributed by atoms with van der Waals surface area (Å²) in [5.41, 5.74) is 3.25. The zero-order valence-corrected chi connectivity index (χ0v) is 12.9. The normalized spacial score (nSPS) is 10.7. The first-order valence-corrected chi connectivity index (χ1v) is 7.18. The zero-order chi connectivity index (χ0) is 14.5. The van der Waals surface area contributed by atoms with E-state index in [0.717, 1.165) is 34.1 Å². The van der Waals surface area contributed by atoms with E-state index in [0.29, 0.717) is 0 Å². The molecule has 20 heavy (non-hydrogen) atoms. The van der Waals surface area contributed by atoms with Gasteiger partial charge in [-0.2, -0.15) is 0 Å². The molecule has 1 N–H and O–H groups in total. The van der Waals surface area contributed by atoms with E-state index in [1.165, 1.54) is 0 Å². The monoisotopic (exact) mass is 289 g/mol. The van der Waals surface area contributed by atoms with Crippen LogP contribution in [0, 0.1) is 6.92 Å². The van der Waals surface area contributed by atoms with Crippen LogP contribution in [0.25, 0.3) is 0 Å². The second-order valence-corrected chi connectivity index (χ2v) is 5.51. The predicted molar refractivity (Wildman–Crippen MR) is 85.7 cm³/mol. The summed E-state index contributed by atoms with van der Waals surface area (Å²) in [6, 6.07) is 14.1. The highest BCUT2D eigenvalue weighted by Crippen LogP contribution is 2.26. The van der Waals surface area contributed by atoms with Crippen LogP contribution in [0.3, 0.4) is 0 Å². The van der Waals surface area contributed by atoms with Crippen molar-refractivity contribution in [1.29, 1.82) is 0 Å². The summed E-state index contributed by atoms with van der Waals surface area (Å²) in [4.78, 5) is 0. The molecule has 0 aliphatic rings. The molecule has 0 heterocycles. The quantitative estimate of drug-likeness (QED) is 0.832. The number of hydrogen-bond donors (Lipinski definition) is 1. The zero-order valence-electron chi connectivity index (χ0n) is 12.1. The van der Waals surface area contributed by atoms with Crippen LogP contribution in [-0.2, 0) is 6.54 Å². The van der Waals surface area contributed by atoms with Gasteiger partial charge < -0.3 is 10.1 Å². The highest BCUT2D eigenvalue weighted by Gasteiger charge is 2.05. The number of hydrogen-bond acceptors (Lipinski definition) is 2. The van der Waals surface area contributed by atoms with Gasteiger partial charge in [-0.1, -0.05) is 35.9 Å². The summed E-state index contributed by atoms with van der Waals surface area (Å²) in [7, 11) is 0. The molecule has 0 bridgehead atoms. The third kappa shape index (κ3) is 3.91. The summed E-state index contributed by atoms with van der Waals surface area (Å²) in [6.07, 6.45) is 0.159. The minimum Gasteiger partial charge on any atom is -0.489 e. The summed E-state index contributed by atoms with van der Waals surface area (Å²) in [5.74, 6) is 0.876. The Morgan fingerprint density at radius 2 is 1.90 bits per heavy atom.